The first-order valence-corrected chi connectivity index (χ1v) is 7.10. The summed E-state index contributed by atoms with van der Waals surface area (Å²) in [4.78, 5) is 24.5. The zero-order valence-electron chi connectivity index (χ0n) is 11.9. The molecule has 0 aromatic heterocycles. The summed E-state index contributed by atoms with van der Waals surface area (Å²) >= 11 is 0. The summed E-state index contributed by atoms with van der Waals surface area (Å²) in [7, 11) is 0. The molecule has 1 saturated carbocycles. The van der Waals surface area contributed by atoms with Crippen molar-refractivity contribution in [3.63, 3.8) is 0 Å². The van der Waals surface area contributed by atoms with Crippen molar-refractivity contribution in [2.45, 2.75) is 26.2 Å². The highest BCUT2D eigenvalue weighted by atomic mass is 19.1. The van der Waals surface area contributed by atoms with Gasteiger partial charge in [-0.05, 0) is 43.9 Å². The van der Waals surface area contributed by atoms with Crippen molar-refractivity contribution >= 4 is 17.7 Å². The van der Waals surface area contributed by atoms with Crippen LogP contribution in [0.3, 0.4) is 0 Å². The number of carboxylic acid groups (broad SMARTS) is 1. The molecule has 6 heteroatoms. The van der Waals surface area contributed by atoms with E-state index in [0.717, 1.165) is 18.9 Å². The maximum atomic E-state index is 13.8. The van der Waals surface area contributed by atoms with Crippen molar-refractivity contribution in [3.05, 3.63) is 29.6 Å². The molecule has 2 N–H and O–H groups in total. The molecule has 1 aromatic carbocycles. The van der Waals surface area contributed by atoms with E-state index in [1.54, 1.807) is 4.90 Å². The summed E-state index contributed by atoms with van der Waals surface area (Å²) in [5.74, 6) is -1.41. The van der Waals surface area contributed by atoms with Gasteiger partial charge in [0.05, 0.1) is 11.3 Å². The molecular formula is C15H19FN2O3. The van der Waals surface area contributed by atoms with Gasteiger partial charge < -0.3 is 15.3 Å². The molecule has 0 heterocycles. The monoisotopic (exact) mass is 294 g/mol. The van der Waals surface area contributed by atoms with Gasteiger partial charge in [0.25, 0.3) is 0 Å². The fourth-order valence-corrected chi connectivity index (χ4v) is 2.29. The Bertz CT molecular complexity index is 544. The van der Waals surface area contributed by atoms with Gasteiger partial charge in [-0.15, -0.1) is 0 Å². The van der Waals surface area contributed by atoms with Crippen LogP contribution in [0.25, 0.3) is 0 Å². The first-order valence-electron chi connectivity index (χ1n) is 7.10. The van der Waals surface area contributed by atoms with Crippen molar-refractivity contribution in [2.75, 3.05) is 18.4 Å². The summed E-state index contributed by atoms with van der Waals surface area (Å²) < 4.78 is 13.8. The Labute approximate surface area is 122 Å². The minimum atomic E-state index is -1.20. The number of nitrogens with one attached hydrogen (secondary N) is 1. The second kappa shape index (κ2) is 6.56. The number of hydrogen-bond acceptors (Lipinski definition) is 2. The highest BCUT2D eigenvalue weighted by molar-refractivity contribution is 5.91. The summed E-state index contributed by atoms with van der Waals surface area (Å²) in [5, 5.41) is 11.3. The quantitative estimate of drug-likeness (QED) is 0.876. The lowest BCUT2D eigenvalue weighted by Gasteiger charge is -2.31. The fraction of sp³-hybridized carbons (Fsp3) is 0.467. The topological polar surface area (TPSA) is 69.6 Å². The zero-order chi connectivity index (χ0) is 15.4. The van der Waals surface area contributed by atoms with Crippen molar-refractivity contribution in [3.8, 4) is 0 Å². The number of rotatable bonds is 5. The Morgan fingerprint density at radius 2 is 2.14 bits per heavy atom. The number of halogens is 1. The second-order valence-corrected chi connectivity index (χ2v) is 5.27. The average Bonchev–Trinajstić information content (AvgIpc) is 2.39. The molecule has 5 nitrogen and oxygen atoms in total. The van der Waals surface area contributed by atoms with E-state index in [0.29, 0.717) is 19.0 Å². The third-order valence-electron chi connectivity index (χ3n) is 3.83. The van der Waals surface area contributed by atoms with Crippen LogP contribution in [0.5, 0.6) is 0 Å². The van der Waals surface area contributed by atoms with E-state index in [2.05, 4.69) is 5.32 Å². The molecule has 2 rings (SSSR count). The number of anilines is 1. The molecular weight excluding hydrogens is 275 g/mol. The lowest BCUT2D eigenvalue weighted by atomic mass is 9.85. The predicted molar refractivity (Wildman–Crippen MR) is 77.0 cm³/mol. The van der Waals surface area contributed by atoms with E-state index in [1.807, 2.05) is 6.92 Å². The summed E-state index contributed by atoms with van der Waals surface area (Å²) in [5.41, 5.74) is -0.149. The lowest BCUT2D eigenvalue weighted by Crippen LogP contribution is -2.40. The van der Waals surface area contributed by atoms with Crippen molar-refractivity contribution < 1.29 is 19.1 Å². The Morgan fingerprint density at radius 3 is 2.62 bits per heavy atom. The maximum Gasteiger partial charge on any atom is 0.335 e. The Hall–Kier alpha value is -2.11. The molecule has 0 spiro atoms. The summed E-state index contributed by atoms with van der Waals surface area (Å²) in [6.45, 7) is 3.11. The first-order chi connectivity index (χ1) is 10.0. The Balaban J connectivity index is 2.01. The van der Waals surface area contributed by atoms with Crippen LogP contribution in [-0.2, 0) is 0 Å². The fourth-order valence-electron chi connectivity index (χ4n) is 2.29. The van der Waals surface area contributed by atoms with Gasteiger partial charge in [0.15, 0.2) is 0 Å². The molecule has 0 bridgehead atoms. The number of urea groups is 1. The normalized spacial score (nSPS) is 14.4. The average molecular weight is 294 g/mol. The van der Waals surface area contributed by atoms with Gasteiger partial charge in [-0.2, -0.15) is 0 Å². The highest BCUT2D eigenvalue weighted by Crippen LogP contribution is 2.27. The van der Waals surface area contributed by atoms with Gasteiger partial charge in [-0.3, -0.25) is 0 Å². The number of carbonyl (C=O) groups excluding carboxylic acids is 1. The minimum Gasteiger partial charge on any atom is -0.478 e. The van der Waals surface area contributed by atoms with Gasteiger partial charge in [0.2, 0.25) is 0 Å². The molecule has 0 unspecified atom stereocenters. The van der Waals surface area contributed by atoms with Crippen LogP contribution >= 0.6 is 0 Å². The van der Waals surface area contributed by atoms with Crippen LogP contribution in [-0.4, -0.2) is 35.1 Å². The van der Waals surface area contributed by atoms with Crippen molar-refractivity contribution in [1.82, 2.24) is 4.90 Å². The van der Waals surface area contributed by atoms with Crippen LogP contribution in [0.4, 0.5) is 14.9 Å². The van der Waals surface area contributed by atoms with E-state index < -0.39 is 11.8 Å². The number of carbonyl (C=O) groups is 2. The molecule has 0 aliphatic heterocycles. The van der Waals surface area contributed by atoms with E-state index >= 15 is 0 Å². The van der Waals surface area contributed by atoms with E-state index in [9.17, 15) is 14.0 Å². The molecule has 21 heavy (non-hydrogen) atoms. The number of nitrogens with zero attached hydrogens (tertiary/aromatic N) is 1. The molecule has 1 fully saturated rings. The van der Waals surface area contributed by atoms with E-state index in [1.165, 1.54) is 18.6 Å². The molecule has 1 aromatic rings. The largest absolute Gasteiger partial charge is 0.478 e. The van der Waals surface area contributed by atoms with Gasteiger partial charge >= 0.3 is 12.0 Å². The third-order valence-corrected chi connectivity index (χ3v) is 3.83. The van der Waals surface area contributed by atoms with Gasteiger partial charge in [-0.25, -0.2) is 14.0 Å². The van der Waals surface area contributed by atoms with Crippen LogP contribution in [0.15, 0.2) is 18.2 Å². The number of amides is 2. The molecule has 0 saturated heterocycles. The predicted octanol–water partition coefficient (Wildman–Crippen LogP) is 3.18. The van der Waals surface area contributed by atoms with Crippen molar-refractivity contribution in [2.24, 2.45) is 5.92 Å². The molecule has 114 valence electrons. The van der Waals surface area contributed by atoms with E-state index in [-0.39, 0.29) is 17.3 Å². The number of benzene rings is 1. The molecule has 0 radical (unpaired) electrons. The third kappa shape index (κ3) is 3.71. The van der Waals surface area contributed by atoms with Crippen LogP contribution < -0.4 is 5.32 Å². The molecule has 0 atom stereocenters. The van der Waals surface area contributed by atoms with Gasteiger partial charge in [0, 0.05) is 13.1 Å². The van der Waals surface area contributed by atoms with Crippen LogP contribution in [0, 0.1) is 11.7 Å². The van der Waals surface area contributed by atoms with Gasteiger partial charge in [-0.1, -0.05) is 6.42 Å². The first kappa shape index (κ1) is 15.3. The SMILES string of the molecule is CCN(CC1CCC1)C(=O)Nc1ccc(C(=O)O)cc1F. The maximum absolute atomic E-state index is 13.8. The number of aromatic carboxylic acids is 1. The van der Waals surface area contributed by atoms with Gasteiger partial charge in [0.1, 0.15) is 5.82 Å². The summed E-state index contributed by atoms with van der Waals surface area (Å²) in [6, 6.07) is 3.09. The minimum absolute atomic E-state index is 0.00272. The smallest absolute Gasteiger partial charge is 0.335 e. The molecule has 1 aliphatic rings. The zero-order valence-corrected chi connectivity index (χ0v) is 11.9. The lowest BCUT2D eigenvalue weighted by molar-refractivity contribution is 0.0696. The Morgan fingerprint density at radius 1 is 1.43 bits per heavy atom. The second-order valence-electron chi connectivity index (χ2n) is 5.27. The van der Waals surface area contributed by atoms with E-state index in [4.69, 9.17) is 5.11 Å². The Kier molecular flexibility index (Phi) is 4.77. The number of carboxylic acids is 1. The standard InChI is InChI=1S/C15H19FN2O3/c1-2-18(9-10-4-3-5-10)15(21)17-13-7-6-11(14(19)20)8-12(13)16/h6-8,10H,2-5,9H2,1H3,(H,17,21)(H,19,20). The summed E-state index contributed by atoms with van der Waals surface area (Å²) in [6.07, 6.45) is 3.46. The molecule has 2 amide bonds. The number of hydrogen-bond donors (Lipinski definition) is 2. The van der Waals surface area contributed by atoms with Crippen LogP contribution in [0.1, 0.15) is 36.5 Å². The van der Waals surface area contributed by atoms with Crippen LogP contribution in [0.2, 0.25) is 0 Å². The molecule has 1 aliphatic carbocycles. The highest BCUT2D eigenvalue weighted by Gasteiger charge is 2.23. The van der Waals surface area contributed by atoms with Crippen molar-refractivity contribution in [1.29, 1.82) is 0 Å².